The number of rotatable bonds is 7. The minimum atomic E-state index is -0.993. The van der Waals surface area contributed by atoms with E-state index in [0.717, 1.165) is 18.4 Å². The van der Waals surface area contributed by atoms with Gasteiger partial charge in [0.15, 0.2) is 6.10 Å². The van der Waals surface area contributed by atoms with Gasteiger partial charge in [0, 0.05) is 0 Å². The van der Waals surface area contributed by atoms with Gasteiger partial charge in [0.2, 0.25) is 0 Å². The van der Waals surface area contributed by atoms with Crippen molar-refractivity contribution in [3.63, 3.8) is 0 Å². The molecule has 3 heteroatoms. The lowest BCUT2D eigenvalue weighted by Gasteiger charge is -2.11. The zero-order valence-electron chi connectivity index (χ0n) is 11.1. The van der Waals surface area contributed by atoms with Crippen molar-refractivity contribution in [3.05, 3.63) is 35.9 Å². The van der Waals surface area contributed by atoms with E-state index in [4.69, 9.17) is 4.74 Å². The molecular weight excluding hydrogens is 228 g/mol. The highest BCUT2D eigenvalue weighted by atomic mass is 16.5. The van der Waals surface area contributed by atoms with Gasteiger partial charge in [0.25, 0.3) is 0 Å². The Kier molecular flexibility index (Phi) is 6.44. The zero-order valence-corrected chi connectivity index (χ0v) is 11.1. The molecule has 0 radical (unpaired) electrons. The molecule has 0 aromatic heterocycles. The van der Waals surface area contributed by atoms with Gasteiger partial charge in [-0.25, -0.2) is 4.79 Å². The van der Waals surface area contributed by atoms with E-state index in [0.29, 0.717) is 12.3 Å². The first-order valence-electron chi connectivity index (χ1n) is 6.48. The topological polar surface area (TPSA) is 46.5 Å². The number of esters is 1. The highest BCUT2D eigenvalue weighted by Gasteiger charge is 2.16. The molecule has 0 spiro atoms. The second-order valence-electron chi connectivity index (χ2n) is 4.93. The summed E-state index contributed by atoms with van der Waals surface area (Å²) in [6.07, 6.45) is 1.35. The fourth-order valence-corrected chi connectivity index (χ4v) is 1.66. The van der Waals surface area contributed by atoms with E-state index >= 15 is 0 Å². The molecule has 3 nitrogen and oxygen atoms in total. The Labute approximate surface area is 109 Å². The van der Waals surface area contributed by atoms with Crippen LogP contribution in [0.25, 0.3) is 0 Å². The lowest BCUT2D eigenvalue weighted by molar-refractivity contribution is -0.155. The van der Waals surface area contributed by atoms with Crippen molar-refractivity contribution in [1.82, 2.24) is 0 Å². The summed E-state index contributed by atoms with van der Waals surface area (Å²) in [6, 6.07) is 9.47. The molecule has 0 saturated heterocycles. The average molecular weight is 250 g/mol. The molecule has 0 fully saturated rings. The van der Waals surface area contributed by atoms with Gasteiger partial charge in [-0.05, 0) is 17.9 Å². The Hall–Kier alpha value is -1.35. The van der Waals surface area contributed by atoms with E-state index in [9.17, 15) is 9.90 Å². The minimum absolute atomic E-state index is 0.223. The molecule has 0 aliphatic rings. The smallest absolute Gasteiger partial charge is 0.335 e. The fourth-order valence-electron chi connectivity index (χ4n) is 1.66. The summed E-state index contributed by atoms with van der Waals surface area (Å²) in [4.78, 5) is 11.5. The van der Waals surface area contributed by atoms with Gasteiger partial charge in [0.1, 0.15) is 6.61 Å². The van der Waals surface area contributed by atoms with Crippen LogP contribution < -0.4 is 0 Å². The largest absolute Gasteiger partial charge is 0.459 e. The molecule has 0 aliphatic heterocycles. The van der Waals surface area contributed by atoms with Gasteiger partial charge in [0.05, 0.1) is 0 Å². The average Bonchev–Trinajstić information content (AvgIpc) is 2.36. The maximum absolute atomic E-state index is 11.5. The van der Waals surface area contributed by atoms with Crippen molar-refractivity contribution in [3.8, 4) is 0 Å². The van der Waals surface area contributed by atoms with Crippen LogP contribution in [0.2, 0.25) is 0 Å². The van der Waals surface area contributed by atoms with E-state index in [-0.39, 0.29) is 6.61 Å². The molecular formula is C15H22O3. The molecule has 100 valence electrons. The first kappa shape index (κ1) is 14.7. The van der Waals surface area contributed by atoms with Crippen molar-refractivity contribution in [2.24, 2.45) is 5.92 Å². The van der Waals surface area contributed by atoms with Crippen LogP contribution in [-0.4, -0.2) is 17.2 Å². The fraction of sp³-hybridized carbons (Fsp3) is 0.533. The van der Waals surface area contributed by atoms with Gasteiger partial charge in [-0.2, -0.15) is 0 Å². The van der Waals surface area contributed by atoms with Crippen molar-refractivity contribution in [2.75, 3.05) is 0 Å². The van der Waals surface area contributed by atoms with Crippen molar-refractivity contribution in [1.29, 1.82) is 0 Å². The van der Waals surface area contributed by atoms with Crippen LogP contribution in [0.15, 0.2) is 30.3 Å². The third kappa shape index (κ3) is 5.82. The molecule has 0 saturated carbocycles. The van der Waals surface area contributed by atoms with Crippen LogP contribution in [0.5, 0.6) is 0 Å². The van der Waals surface area contributed by atoms with E-state index in [2.05, 4.69) is 13.8 Å². The second kappa shape index (κ2) is 7.88. The van der Waals surface area contributed by atoms with Gasteiger partial charge in [-0.3, -0.25) is 0 Å². The SMILES string of the molecule is CC(C)CCCC(O)C(=O)OCc1ccccc1. The summed E-state index contributed by atoms with van der Waals surface area (Å²) in [6.45, 7) is 4.47. The van der Waals surface area contributed by atoms with E-state index in [1.54, 1.807) is 0 Å². The summed E-state index contributed by atoms with van der Waals surface area (Å²) in [5.41, 5.74) is 0.931. The van der Waals surface area contributed by atoms with Crippen molar-refractivity contribution < 1.29 is 14.6 Å². The number of aliphatic hydroxyl groups is 1. The Morgan fingerprint density at radius 2 is 1.89 bits per heavy atom. The van der Waals surface area contributed by atoms with Crippen molar-refractivity contribution in [2.45, 2.75) is 45.8 Å². The Morgan fingerprint density at radius 3 is 2.50 bits per heavy atom. The van der Waals surface area contributed by atoms with E-state index < -0.39 is 12.1 Å². The lowest BCUT2D eigenvalue weighted by atomic mass is 10.0. The molecule has 1 unspecified atom stereocenters. The molecule has 1 atom stereocenters. The van der Waals surface area contributed by atoms with Crippen LogP contribution in [0.3, 0.4) is 0 Å². The highest BCUT2D eigenvalue weighted by Crippen LogP contribution is 2.10. The third-order valence-electron chi connectivity index (χ3n) is 2.76. The molecule has 18 heavy (non-hydrogen) atoms. The molecule has 0 heterocycles. The number of benzene rings is 1. The van der Waals surface area contributed by atoms with E-state index in [1.165, 1.54) is 0 Å². The number of ether oxygens (including phenoxy) is 1. The monoisotopic (exact) mass is 250 g/mol. The predicted molar refractivity (Wildman–Crippen MR) is 70.9 cm³/mol. The molecule has 1 aromatic carbocycles. The molecule has 1 N–H and O–H groups in total. The maximum atomic E-state index is 11.5. The third-order valence-corrected chi connectivity index (χ3v) is 2.76. The molecule has 1 aromatic rings. The van der Waals surface area contributed by atoms with Crippen LogP contribution in [0.4, 0.5) is 0 Å². The van der Waals surface area contributed by atoms with Crippen LogP contribution in [0.1, 0.15) is 38.7 Å². The number of carbonyl (C=O) groups excluding carboxylic acids is 1. The number of hydrogen-bond donors (Lipinski definition) is 1. The molecule has 0 aliphatic carbocycles. The summed E-state index contributed by atoms with van der Waals surface area (Å²) in [5, 5.41) is 9.63. The molecule has 1 rings (SSSR count). The second-order valence-corrected chi connectivity index (χ2v) is 4.93. The minimum Gasteiger partial charge on any atom is -0.459 e. The molecule has 0 amide bonds. The first-order chi connectivity index (χ1) is 8.59. The molecule has 0 bridgehead atoms. The first-order valence-corrected chi connectivity index (χ1v) is 6.48. The van der Waals surface area contributed by atoms with Gasteiger partial charge < -0.3 is 9.84 Å². The van der Waals surface area contributed by atoms with Crippen LogP contribution >= 0.6 is 0 Å². The number of carbonyl (C=O) groups is 1. The van der Waals surface area contributed by atoms with Gasteiger partial charge in [-0.15, -0.1) is 0 Å². The quantitative estimate of drug-likeness (QED) is 0.757. The summed E-state index contributed by atoms with van der Waals surface area (Å²) in [5.74, 6) is 0.0696. The van der Waals surface area contributed by atoms with E-state index in [1.807, 2.05) is 30.3 Å². The van der Waals surface area contributed by atoms with Crippen LogP contribution in [0, 0.1) is 5.92 Å². The maximum Gasteiger partial charge on any atom is 0.335 e. The standard InChI is InChI=1S/C15H22O3/c1-12(2)7-6-10-14(16)15(17)18-11-13-8-4-3-5-9-13/h3-5,8-9,12,14,16H,6-7,10-11H2,1-2H3. The Bertz CT molecular complexity index is 346. The predicted octanol–water partition coefficient (Wildman–Crippen LogP) is 2.92. The number of hydrogen-bond acceptors (Lipinski definition) is 3. The Morgan fingerprint density at radius 1 is 1.22 bits per heavy atom. The number of aliphatic hydroxyl groups excluding tert-OH is 1. The van der Waals surface area contributed by atoms with Gasteiger partial charge in [-0.1, -0.05) is 57.0 Å². The van der Waals surface area contributed by atoms with Gasteiger partial charge >= 0.3 is 5.97 Å². The summed E-state index contributed by atoms with van der Waals surface area (Å²) >= 11 is 0. The van der Waals surface area contributed by atoms with Crippen LogP contribution in [-0.2, 0) is 16.1 Å². The summed E-state index contributed by atoms with van der Waals surface area (Å²) in [7, 11) is 0. The lowest BCUT2D eigenvalue weighted by Crippen LogP contribution is -2.23. The highest BCUT2D eigenvalue weighted by molar-refractivity contribution is 5.74. The van der Waals surface area contributed by atoms with Crippen molar-refractivity contribution >= 4 is 5.97 Å². The zero-order chi connectivity index (χ0) is 13.4. The normalized spacial score (nSPS) is 12.4. The summed E-state index contributed by atoms with van der Waals surface area (Å²) < 4.78 is 5.06. The Balaban J connectivity index is 2.23.